The van der Waals surface area contributed by atoms with Crippen molar-refractivity contribution < 1.29 is 24.5 Å². The van der Waals surface area contributed by atoms with Crippen molar-refractivity contribution in [1.29, 1.82) is 0 Å². The van der Waals surface area contributed by atoms with Crippen LogP contribution in [-0.2, 0) is 14.3 Å². The average molecular weight is 889 g/mol. The maximum Gasteiger partial charge on any atom is 0.305 e. The molecule has 0 aromatic rings. The predicted octanol–water partition coefficient (Wildman–Crippen LogP) is 17.1. The molecule has 0 saturated heterocycles. The number of amides is 1. The Morgan fingerprint density at radius 2 is 0.746 bits per heavy atom. The van der Waals surface area contributed by atoms with Gasteiger partial charge in [-0.05, 0) is 57.8 Å². The number of esters is 1. The van der Waals surface area contributed by atoms with E-state index in [0.29, 0.717) is 19.4 Å². The molecule has 0 aromatic heterocycles. The standard InChI is InChI=1S/C57H109NO5/c1-3-5-7-9-11-13-15-16-17-18-19-20-23-26-30-33-37-41-45-49-55(60)54(53-59)58-56(61)50-46-42-38-34-31-27-24-21-22-25-28-32-36-40-44-48-52-63-57(62)51-47-43-39-35-29-14-12-10-8-6-4-2/h21,24,45,49,54-55,59-60H,3-20,22-23,25-44,46-48,50-53H2,1-2H3,(H,58,61)/b24-21-,49-45+. The number of hydrogen-bond acceptors (Lipinski definition) is 5. The molecule has 0 spiro atoms. The van der Waals surface area contributed by atoms with Crippen LogP contribution in [0.3, 0.4) is 0 Å². The molecule has 0 saturated carbocycles. The highest BCUT2D eigenvalue weighted by atomic mass is 16.5. The van der Waals surface area contributed by atoms with E-state index >= 15 is 0 Å². The van der Waals surface area contributed by atoms with Crippen molar-refractivity contribution in [2.24, 2.45) is 0 Å². The molecule has 0 aromatic carbocycles. The summed E-state index contributed by atoms with van der Waals surface area (Å²) >= 11 is 0. The van der Waals surface area contributed by atoms with E-state index in [1.807, 2.05) is 6.08 Å². The second-order valence-corrected chi connectivity index (χ2v) is 19.3. The third kappa shape index (κ3) is 49.6. The van der Waals surface area contributed by atoms with Gasteiger partial charge >= 0.3 is 5.97 Å². The van der Waals surface area contributed by atoms with Gasteiger partial charge in [0, 0.05) is 12.8 Å². The van der Waals surface area contributed by atoms with Crippen molar-refractivity contribution in [3.8, 4) is 0 Å². The molecule has 0 aliphatic rings. The number of nitrogens with one attached hydrogen (secondary N) is 1. The summed E-state index contributed by atoms with van der Waals surface area (Å²) in [5.41, 5.74) is 0. The zero-order valence-corrected chi connectivity index (χ0v) is 42.3. The fraction of sp³-hybridized carbons (Fsp3) is 0.895. The van der Waals surface area contributed by atoms with E-state index in [1.54, 1.807) is 6.08 Å². The van der Waals surface area contributed by atoms with E-state index in [4.69, 9.17) is 4.74 Å². The minimum absolute atomic E-state index is 0.00405. The molecule has 3 N–H and O–H groups in total. The number of unbranched alkanes of at least 4 members (excludes halogenated alkanes) is 39. The van der Waals surface area contributed by atoms with Crippen LogP contribution in [0.1, 0.15) is 303 Å². The molecule has 2 atom stereocenters. The number of carbonyl (C=O) groups excluding carboxylic acids is 2. The van der Waals surface area contributed by atoms with Crippen molar-refractivity contribution in [2.75, 3.05) is 13.2 Å². The molecule has 63 heavy (non-hydrogen) atoms. The average Bonchev–Trinajstić information content (AvgIpc) is 3.28. The number of hydrogen-bond donors (Lipinski definition) is 3. The van der Waals surface area contributed by atoms with Gasteiger partial charge in [-0.3, -0.25) is 9.59 Å². The van der Waals surface area contributed by atoms with Gasteiger partial charge < -0.3 is 20.3 Å². The molecule has 1 amide bonds. The number of ether oxygens (including phenoxy) is 1. The Labute approximate surface area is 392 Å². The lowest BCUT2D eigenvalue weighted by Crippen LogP contribution is -2.45. The van der Waals surface area contributed by atoms with E-state index in [0.717, 1.165) is 64.2 Å². The molecule has 0 aliphatic carbocycles. The van der Waals surface area contributed by atoms with E-state index in [1.165, 1.54) is 212 Å². The zero-order valence-electron chi connectivity index (χ0n) is 42.3. The van der Waals surface area contributed by atoms with Gasteiger partial charge in [0.1, 0.15) is 0 Å². The van der Waals surface area contributed by atoms with Crippen LogP contribution < -0.4 is 5.32 Å². The van der Waals surface area contributed by atoms with Crippen LogP contribution in [0.15, 0.2) is 24.3 Å². The molecule has 6 heteroatoms. The van der Waals surface area contributed by atoms with Gasteiger partial charge in [0.25, 0.3) is 0 Å². The predicted molar refractivity (Wildman–Crippen MR) is 273 cm³/mol. The Balaban J connectivity index is 3.51. The second kappa shape index (κ2) is 53.0. The maximum absolute atomic E-state index is 12.5. The van der Waals surface area contributed by atoms with Crippen molar-refractivity contribution in [1.82, 2.24) is 5.32 Å². The lowest BCUT2D eigenvalue weighted by molar-refractivity contribution is -0.143. The first kappa shape index (κ1) is 61.3. The first-order valence-corrected chi connectivity index (χ1v) is 28.1. The summed E-state index contributed by atoms with van der Waals surface area (Å²) in [6, 6.07) is -0.640. The summed E-state index contributed by atoms with van der Waals surface area (Å²) < 4.78 is 5.45. The minimum Gasteiger partial charge on any atom is -0.466 e. The molecule has 0 rings (SSSR count). The fourth-order valence-electron chi connectivity index (χ4n) is 8.63. The molecule has 0 heterocycles. The highest BCUT2D eigenvalue weighted by molar-refractivity contribution is 5.76. The highest BCUT2D eigenvalue weighted by Gasteiger charge is 2.18. The van der Waals surface area contributed by atoms with Gasteiger partial charge in [0.05, 0.1) is 25.4 Å². The van der Waals surface area contributed by atoms with Crippen molar-refractivity contribution >= 4 is 11.9 Å². The van der Waals surface area contributed by atoms with Gasteiger partial charge in [0.15, 0.2) is 0 Å². The number of allylic oxidation sites excluding steroid dienone is 3. The van der Waals surface area contributed by atoms with E-state index in [-0.39, 0.29) is 18.5 Å². The Bertz CT molecular complexity index is 982. The quantitative estimate of drug-likeness (QED) is 0.0321. The molecular formula is C57H109NO5. The Kier molecular flexibility index (Phi) is 51.6. The topological polar surface area (TPSA) is 95.9 Å². The molecule has 2 unspecified atom stereocenters. The van der Waals surface area contributed by atoms with Gasteiger partial charge in [0.2, 0.25) is 5.91 Å². The van der Waals surface area contributed by atoms with Gasteiger partial charge in [-0.1, -0.05) is 256 Å². The Morgan fingerprint density at radius 3 is 1.13 bits per heavy atom. The second-order valence-electron chi connectivity index (χ2n) is 19.3. The lowest BCUT2D eigenvalue weighted by Gasteiger charge is -2.20. The van der Waals surface area contributed by atoms with E-state index < -0.39 is 12.1 Å². The van der Waals surface area contributed by atoms with Crippen LogP contribution in [0, 0.1) is 0 Å². The Morgan fingerprint density at radius 1 is 0.429 bits per heavy atom. The van der Waals surface area contributed by atoms with Crippen LogP contribution in [-0.4, -0.2) is 47.4 Å². The number of rotatable bonds is 52. The molecule has 6 nitrogen and oxygen atoms in total. The molecule has 0 aliphatic heterocycles. The van der Waals surface area contributed by atoms with Crippen LogP contribution in [0.4, 0.5) is 0 Å². The third-order valence-corrected chi connectivity index (χ3v) is 13.0. The SMILES string of the molecule is CCCCCCCCCCCCCCCCCCC/C=C/C(O)C(CO)NC(=O)CCCCCCC/C=C\CCCCCCCCCOC(=O)CCCCCCCCCCCCC. The highest BCUT2D eigenvalue weighted by Crippen LogP contribution is 2.16. The summed E-state index contributed by atoms with van der Waals surface area (Å²) in [5.74, 6) is -0.0871. The smallest absolute Gasteiger partial charge is 0.305 e. The molecule has 0 fully saturated rings. The van der Waals surface area contributed by atoms with E-state index in [2.05, 4.69) is 31.3 Å². The summed E-state index contributed by atoms with van der Waals surface area (Å²) in [4.78, 5) is 24.4. The number of aliphatic hydroxyl groups excluding tert-OH is 2. The normalized spacial score (nSPS) is 12.8. The molecule has 372 valence electrons. The number of carbonyl (C=O) groups is 2. The fourth-order valence-corrected chi connectivity index (χ4v) is 8.63. The maximum atomic E-state index is 12.5. The van der Waals surface area contributed by atoms with Crippen LogP contribution >= 0.6 is 0 Å². The van der Waals surface area contributed by atoms with Crippen LogP contribution in [0.25, 0.3) is 0 Å². The largest absolute Gasteiger partial charge is 0.466 e. The first-order chi connectivity index (χ1) is 31.0. The number of aliphatic hydroxyl groups is 2. The lowest BCUT2D eigenvalue weighted by atomic mass is 10.0. The third-order valence-electron chi connectivity index (χ3n) is 13.0. The van der Waals surface area contributed by atoms with Crippen LogP contribution in [0.5, 0.6) is 0 Å². The Hall–Kier alpha value is -1.66. The summed E-state index contributed by atoms with van der Waals surface area (Å²) in [6.07, 6.45) is 63.3. The molecule has 0 bridgehead atoms. The van der Waals surface area contributed by atoms with Crippen molar-refractivity contribution in [3.05, 3.63) is 24.3 Å². The molecular weight excluding hydrogens is 779 g/mol. The van der Waals surface area contributed by atoms with Crippen LogP contribution in [0.2, 0.25) is 0 Å². The summed E-state index contributed by atoms with van der Waals surface area (Å²) in [6.45, 7) is 4.89. The summed E-state index contributed by atoms with van der Waals surface area (Å²) in [5, 5.41) is 23.1. The van der Waals surface area contributed by atoms with Gasteiger partial charge in [-0.2, -0.15) is 0 Å². The monoisotopic (exact) mass is 888 g/mol. The van der Waals surface area contributed by atoms with E-state index in [9.17, 15) is 19.8 Å². The molecule has 0 radical (unpaired) electrons. The first-order valence-electron chi connectivity index (χ1n) is 28.1. The van der Waals surface area contributed by atoms with Crippen molar-refractivity contribution in [3.63, 3.8) is 0 Å². The van der Waals surface area contributed by atoms with Gasteiger partial charge in [-0.25, -0.2) is 0 Å². The minimum atomic E-state index is -0.855. The van der Waals surface area contributed by atoms with Gasteiger partial charge in [-0.15, -0.1) is 0 Å². The summed E-state index contributed by atoms with van der Waals surface area (Å²) in [7, 11) is 0. The zero-order chi connectivity index (χ0) is 45.8. The van der Waals surface area contributed by atoms with Crippen molar-refractivity contribution in [2.45, 2.75) is 315 Å².